The van der Waals surface area contributed by atoms with Crippen LogP contribution in [0.2, 0.25) is 0 Å². The van der Waals surface area contributed by atoms with E-state index in [2.05, 4.69) is 17.5 Å². The van der Waals surface area contributed by atoms with Crippen LogP contribution in [0.5, 0.6) is 0 Å². The molecule has 1 amide bonds. The van der Waals surface area contributed by atoms with Crippen LogP contribution in [0.4, 0.5) is 0 Å². The van der Waals surface area contributed by atoms with Crippen molar-refractivity contribution in [3.05, 3.63) is 0 Å². The van der Waals surface area contributed by atoms with Gasteiger partial charge in [0, 0.05) is 13.0 Å². The molecule has 42 valence electrons. The number of carbonyl (C=O) groups excluding carboxylic acids is 1. The first-order chi connectivity index (χ1) is 3.27. The van der Waals surface area contributed by atoms with Crippen LogP contribution in [0.15, 0.2) is 0 Å². The maximum absolute atomic E-state index is 9.91. The van der Waals surface area contributed by atoms with Gasteiger partial charge in [-0.1, -0.05) is 12.8 Å². The van der Waals surface area contributed by atoms with Gasteiger partial charge in [0.25, 0.3) is 0 Å². The van der Waals surface area contributed by atoms with Gasteiger partial charge in [0.15, 0.2) is 0 Å². The second kappa shape index (κ2) is 3.95. The zero-order chi connectivity index (χ0) is 5.70. The first-order valence-corrected chi connectivity index (χ1v) is 2.37. The summed E-state index contributed by atoms with van der Waals surface area (Å²) in [5, 5.41) is 0. The SMILES string of the molecule is NC(=O)CCNS. The van der Waals surface area contributed by atoms with Crippen molar-refractivity contribution in [3.63, 3.8) is 0 Å². The van der Waals surface area contributed by atoms with E-state index in [0.717, 1.165) is 0 Å². The minimum absolute atomic E-state index is 0.304. The molecule has 0 fully saturated rings. The molecule has 4 heteroatoms. The van der Waals surface area contributed by atoms with Gasteiger partial charge in [-0.05, 0) is 0 Å². The molecule has 0 saturated carbocycles. The molecular weight excluding hydrogens is 112 g/mol. The number of hydrogen-bond donors (Lipinski definition) is 3. The Morgan fingerprint density at radius 2 is 2.43 bits per heavy atom. The van der Waals surface area contributed by atoms with E-state index >= 15 is 0 Å². The van der Waals surface area contributed by atoms with Gasteiger partial charge < -0.3 is 5.73 Å². The number of primary amides is 1. The molecule has 0 bridgehead atoms. The zero-order valence-electron chi connectivity index (χ0n) is 3.85. The van der Waals surface area contributed by atoms with E-state index in [4.69, 9.17) is 5.73 Å². The van der Waals surface area contributed by atoms with E-state index in [1.54, 1.807) is 0 Å². The fraction of sp³-hybridized carbons (Fsp3) is 0.667. The average molecular weight is 120 g/mol. The molecule has 0 aliphatic carbocycles. The molecule has 0 heterocycles. The van der Waals surface area contributed by atoms with Gasteiger partial charge in [-0.3, -0.25) is 9.52 Å². The highest BCUT2D eigenvalue weighted by Crippen LogP contribution is 1.71. The summed E-state index contributed by atoms with van der Waals surface area (Å²) in [4.78, 5) is 9.91. The Balaban J connectivity index is 2.82. The monoisotopic (exact) mass is 120 g/mol. The van der Waals surface area contributed by atoms with E-state index in [0.29, 0.717) is 13.0 Å². The highest BCUT2D eigenvalue weighted by molar-refractivity contribution is 7.78. The lowest BCUT2D eigenvalue weighted by atomic mass is 10.4. The lowest BCUT2D eigenvalue weighted by Gasteiger charge is -1.89. The third-order valence-electron chi connectivity index (χ3n) is 0.483. The standard InChI is InChI=1S/C3H8N2OS/c4-3(6)1-2-5-7/h5,7H,1-2H2,(H2,4,6). The van der Waals surface area contributed by atoms with Gasteiger partial charge in [-0.15, -0.1) is 0 Å². The predicted molar refractivity (Wildman–Crippen MR) is 30.8 cm³/mol. The van der Waals surface area contributed by atoms with E-state index in [1.807, 2.05) is 0 Å². The molecule has 0 aliphatic rings. The average Bonchev–Trinajstić information content (AvgIpc) is 1.61. The first-order valence-electron chi connectivity index (χ1n) is 1.92. The third-order valence-corrected chi connectivity index (χ3v) is 0.707. The molecule has 3 N–H and O–H groups in total. The summed E-state index contributed by atoms with van der Waals surface area (Å²) < 4.78 is 2.49. The summed E-state index contributed by atoms with van der Waals surface area (Å²) in [6.07, 6.45) is 0.351. The third kappa shape index (κ3) is 5.78. The molecule has 0 aromatic heterocycles. The minimum atomic E-state index is -0.304. The summed E-state index contributed by atoms with van der Waals surface area (Å²) >= 11 is 3.64. The van der Waals surface area contributed by atoms with Crippen molar-refractivity contribution >= 4 is 18.7 Å². The Labute approximate surface area is 47.8 Å². The molecule has 0 aromatic rings. The van der Waals surface area contributed by atoms with Gasteiger partial charge in [0.1, 0.15) is 0 Å². The molecule has 3 nitrogen and oxygen atoms in total. The highest BCUT2D eigenvalue weighted by Gasteiger charge is 1.87. The number of hydrogen-bond acceptors (Lipinski definition) is 3. The minimum Gasteiger partial charge on any atom is -0.370 e. The van der Waals surface area contributed by atoms with Crippen molar-refractivity contribution in [2.24, 2.45) is 5.73 Å². The molecule has 0 unspecified atom stereocenters. The predicted octanol–water partition coefficient (Wildman–Crippen LogP) is -0.704. The zero-order valence-corrected chi connectivity index (χ0v) is 4.74. The molecule has 0 spiro atoms. The topological polar surface area (TPSA) is 55.1 Å². The van der Waals surface area contributed by atoms with Crippen LogP contribution < -0.4 is 10.5 Å². The van der Waals surface area contributed by atoms with Crippen LogP contribution in [0.1, 0.15) is 6.42 Å². The van der Waals surface area contributed by atoms with E-state index in [1.165, 1.54) is 0 Å². The molecule has 0 saturated heterocycles. The summed E-state index contributed by atoms with van der Waals surface area (Å²) in [6, 6.07) is 0. The van der Waals surface area contributed by atoms with Gasteiger partial charge in [0.2, 0.25) is 5.91 Å². The first kappa shape index (κ1) is 6.78. The quantitative estimate of drug-likeness (QED) is 0.431. The maximum Gasteiger partial charge on any atom is 0.218 e. The van der Waals surface area contributed by atoms with Crippen LogP contribution in [0.3, 0.4) is 0 Å². The van der Waals surface area contributed by atoms with Gasteiger partial charge in [-0.25, -0.2) is 0 Å². The fourth-order valence-corrected chi connectivity index (χ4v) is 0.291. The molecule has 0 aromatic carbocycles. The highest BCUT2D eigenvalue weighted by atomic mass is 32.1. The largest absolute Gasteiger partial charge is 0.370 e. The summed E-state index contributed by atoms with van der Waals surface area (Å²) in [7, 11) is 0. The van der Waals surface area contributed by atoms with Gasteiger partial charge in [0.05, 0.1) is 0 Å². The molecule has 0 atom stereocenters. The van der Waals surface area contributed by atoms with Crippen molar-refractivity contribution in [2.75, 3.05) is 6.54 Å². The molecule has 0 radical (unpaired) electrons. The Morgan fingerprint density at radius 1 is 1.86 bits per heavy atom. The summed E-state index contributed by atoms with van der Waals surface area (Å²) in [5.41, 5.74) is 4.77. The molecule has 0 rings (SSSR count). The smallest absolute Gasteiger partial charge is 0.218 e. The Bertz CT molecular complexity index is 66.0. The lowest BCUT2D eigenvalue weighted by molar-refractivity contribution is -0.117. The van der Waals surface area contributed by atoms with Gasteiger partial charge in [-0.2, -0.15) is 0 Å². The Hall–Kier alpha value is -0.220. The van der Waals surface area contributed by atoms with Crippen molar-refractivity contribution in [3.8, 4) is 0 Å². The Kier molecular flexibility index (Phi) is 3.83. The number of thiol groups is 1. The fourth-order valence-electron chi connectivity index (χ4n) is 0.179. The summed E-state index contributed by atoms with van der Waals surface area (Å²) in [5.74, 6) is -0.304. The number of nitrogens with one attached hydrogen (secondary N) is 1. The second-order valence-electron chi connectivity index (χ2n) is 1.12. The molecule has 7 heavy (non-hydrogen) atoms. The van der Waals surface area contributed by atoms with Gasteiger partial charge >= 0.3 is 0 Å². The van der Waals surface area contributed by atoms with Crippen LogP contribution in [0.25, 0.3) is 0 Å². The number of carbonyl (C=O) groups is 1. The lowest BCUT2D eigenvalue weighted by Crippen LogP contribution is -2.16. The van der Waals surface area contributed by atoms with Crippen molar-refractivity contribution in [1.82, 2.24) is 4.72 Å². The number of rotatable bonds is 3. The second-order valence-corrected chi connectivity index (χ2v) is 1.44. The van der Waals surface area contributed by atoms with E-state index < -0.39 is 0 Å². The number of nitrogens with two attached hydrogens (primary N) is 1. The maximum atomic E-state index is 9.91. The number of amides is 1. The van der Waals surface area contributed by atoms with Crippen LogP contribution in [-0.4, -0.2) is 12.5 Å². The van der Waals surface area contributed by atoms with Crippen LogP contribution in [-0.2, 0) is 4.79 Å². The molecular formula is C3H8N2OS. The van der Waals surface area contributed by atoms with Crippen LogP contribution >= 0.6 is 12.8 Å². The van der Waals surface area contributed by atoms with Crippen molar-refractivity contribution < 1.29 is 4.79 Å². The van der Waals surface area contributed by atoms with E-state index in [9.17, 15) is 4.79 Å². The van der Waals surface area contributed by atoms with Crippen molar-refractivity contribution in [2.45, 2.75) is 6.42 Å². The Morgan fingerprint density at radius 3 is 2.57 bits per heavy atom. The van der Waals surface area contributed by atoms with E-state index in [-0.39, 0.29) is 5.91 Å². The summed E-state index contributed by atoms with van der Waals surface area (Å²) in [6.45, 7) is 0.540. The van der Waals surface area contributed by atoms with Crippen molar-refractivity contribution in [1.29, 1.82) is 0 Å². The van der Waals surface area contributed by atoms with Crippen LogP contribution in [0, 0.1) is 0 Å². The normalized spacial score (nSPS) is 8.71. The molecule has 0 aliphatic heterocycles.